The molecule has 37 heavy (non-hydrogen) atoms. The topological polar surface area (TPSA) is 134 Å². The largest absolute Gasteiger partial charge is 0.458 e. The third-order valence-electron chi connectivity index (χ3n) is 11.5. The Bertz CT molecular complexity index is 1020. The number of ketones is 1. The van der Waals surface area contributed by atoms with Gasteiger partial charge in [-0.15, -0.1) is 0 Å². The molecule has 0 radical (unpaired) electrons. The van der Waals surface area contributed by atoms with Gasteiger partial charge in [-0.05, 0) is 81.1 Å². The molecule has 11 atom stereocenters. The lowest BCUT2D eigenvalue weighted by atomic mass is 9.42. The first-order valence-corrected chi connectivity index (χ1v) is 13.7. The van der Waals surface area contributed by atoms with Crippen LogP contribution in [0, 0.1) is 40.4 Å². The minimum atomic E-state index is -1.54. The minimum Gasteiger partial charge on any atom is -0.458 e. The van der Waals surface area contributed by atoms with E-state index in [2.05, 4.69) is 6.92 Å². The third-order valence-corrected chi connectivity index (χ3v) is 11.5. The van der Waals surface area contributed by atoms with Gasteiger partial charge in [0.25, 0.3) is 0 Å². The number of ether oxygens (including phenoxy) is 2. The van der Waals surface area contributed by atoms with Crippen molar-refractivity contribution >= 4 is 11.8 Å². The molecule has 10 unspecified atom stereocenters. The Kier molecular flexibility index (Phi) is 6.76. The Morgan fingerprint density at radius 3 is 2.51 bits per heavy atom. The molecule has 1 heterocycles. The van der Waals surface area contributed by atoms with Crippen LogP contribution in [0.25, 0.3) is 0 Å². The fourth-order valence-electron chi connectivity index (χ4n) is 9.34. The van der Waals surface area contributed by atoms with Gasteiger partial charge < -0.3 is 29.9 Å². The summed E-state index contributed by atoms with van der Waals surface area (Å²) in [6, 6.07) is 0. The maximum absolute atomic E-state index is 13.3. The van der Waals surface area contributed by atoms with Gasteiger partial charge in [0.1, 0.15) is 11.7 Å². The number of carbonyl (C=O) groups excluding carboxylic acids is 2. The molecule has 0 aromatic carbocycles. The molecule has 0 saturated heterocycles. The molecular formula is C29H42O8. The van der Waals surface area contributed by atoms with Crippen molar-refractivity contribution < 1.29 is 39.5 Å². The zero-order valence-corrected chi connectivity index (χ0v) is 22.4. The van der Waals surface area contributed by atoms with Crippen LogP contribution in [0.2, 0.25) is 0 Å². The number of fused-ring (bicyclic) bond motifs is 5. The summed E-state index contributed by atoms with van der Waals surface area (Å²) in [5.41, 5.74) is -1.87. The highest BCUT2D eigenvalue weighted by Gasteiger charge is 2.71. The molecule has 3 saturated carbocycles. The summed E-state index contributed by atoms with van der Waals surface area (Å²) in [5.74, 6) is -1.33. The van der Waals surface area contributed by atoms with Crippen molar-refractivity contribution in [2.45, 2.75) is 83.2 Å². The fourth-order valence-corrected chi connectivity index (χ4v) is 9.34. The lowest BCUT2D eigenvalue weighted by molar-refractivity contribution is -0.246. The number of methoxy groups -OCH3 is 1. The van der Waals surface area contributed by atoms with Crippen LogP contribution in [0.4, 0.5) is 0 Å². The second kappa shape index (κ2) is 9.26. The van der Waals surface area contributed by atoms with Crippen LogP contribution < -0.4 is 0 Å². The summed E-state index contributed by atoms with van der Waals surface area (Å²) in [6.07, 6.45) is 3.88. The smallest absolute Gasteiger partial charge is 0.336 e. The highest BCUT2D eigenvalue weighted by atomic mass is 16.5. The predicted octanol–water partition coefficient (Wildman–Crippen LogP) is 1.93. The normalized spacial score (nSPS) is 48.3. The standard InChI is InChI=1S/C29H42O8/c1-15-10-22(37-26(34)18(15)14-36-4)17(13-30)20-8-7-19-16-11-25(33)29(35)9-5-6-23(31)28(29,3)21(16)12-24(32)27(19,20)2/h5-6,16-17,19-22,24-25,30,32-33,35H,7-14H2,1-4H3/t16?,17?,19?,20?,21?,22?,24?,25?,27?,28?,29-/m0/s1. The maximum Gasteiger partial charge on any atom is 0.336 e. The highest BCUT2D eigenvalue weighted by Crippen LogP contribution is 2.68. The van der Waals surface area contributed by atoms with Crippen molar-refractivity contribution in [2.75, 3.05) is 20.3 Å². The van der Waals surface area contributed by atoms with Crippen molar-refractivity contribution in [1.82, 2.24) is 0 Å². The van der Waals surface area contributed by atoms with Crippen molar-refractivity contribution in [2.24, 2.45) is 40.4 Å². The van der Waals surface area contributed by atoms with Crippen LogP contribution in [0.3, 0.4) is 0 Å². The number of aliphatic hydroxyl groups excluding tert-OH is 3. The molecule has 206 valence electrons. The summed E-state index contributed by atoms with van der Waals surface area (Å²) in [6.45, 7) is 5.76. The number of carbonyl (C=O) groups is 2. The van der Waals surface area contributed by atoms with E-state index in [1.165, 1.54) is 13.2 Å². The van der Waals surface area contributed by atoms with Crippen LogP contribution in [-0.2, 0) is 19.1 Å². The number of cyclic esters (lactones) is 1. The van der Waals surface area contributed by atoms with E-state index in [9.17, 15) is 30.0 Å². The minimum absolute atomic E-state index is 0.00927. The van der Waals surface area contributed by atoms with E-state index in [-0.39, 0.29) is 55.0 Å². The molecular weight excluding hydrogens is 476 g/mol. The number of hydrogen-bond acceptors (Lipinski definition) is 8. The van der Waals surface area contributed by atoms with Gasteiger partial charge in [-0.25, -0.2) is 4.79 Å². The first-order chi connectivity index (χ1) is 17.4. The van der Waals surface area contributed by atoms with Gasteiger partial charge in [0.2, 0.25) is 0 Å². The average Bonchev–Trinajstić information content (AvgIpc) is 3.20. The first kappa shape index (κ1) is 27.0. The Balaban J connectivity index is 1.46. The molecule has 4 aliphatic carbocycles. The van der Waals surface area contributed by atoms with E-state index < -0.39 is 40.7 Å². The van der Waals surface area contributed by atoms with Crippen molar-refractivity contribution in [1.29, 1.82) is 0 Å². The molecule has 0 aromatic rings. The summed E-state index contributed by atoms with van der Waals surface area (Å²) < 4.78 is 11.0. The molecule has 4 N–H and O–H groups in total. The lowest BCUT2D eigenvalue weighted by Gasteiger charge is -2.64. The van der Waals surface area contributed by atoms with Gasteiger partial charge in [0.05, 0.1) is 29.8 Å². The summed E-state index contributed by atoms with van der Waals surface area (Å²) >= 11 is 0. The summed E-state index contributed by atoms with van der Waals surface area (Å²) in [5, 5.41) is 45.1. The zero-order valence-electron chi connectivity index (χ0n) is 22.4. The monoisotopic (exact) mass is 518 g/mol. The van der Waals surface area contributed by atoms with Gasteiger partial charge in [-0.3, -0.25) is 4.79 Å². The van der Waals surface area contributed by atoms with Gasteiger partial charge in [0, 0.05) is 26.1 Å². The van der Waals surface area contributed by atoms with Crippen molar-refractivity contribution in [3.8, 4) is 0 Å². The Morgan fingerprint density at radius 2 is 1.86 bits per heavy atom. The van der Waals surface area contributed by atoms with E-state index >= 15 is 0 Å². The molecule has 8 heteroatoms. The zero-order chi connectivity index (χ0) is 26.9. The number of aliphatic hydroxyl groups is 4. The predicted molar refractivity (Wildman–Crippen MR) is 134 cm³/mol. The Hall–Kier alpha value is -1.58. The van der Waals surface area contributed by atoms with Gasteiger partial charge in [-0.2, -0.15) is 0 Å². The molecule has 1 aliphatic heterocycles. The van der Waals surface area contributed by atoms with E-state index in [1.54, 1.807) is 13.0 Å². The van der Waals surface area contributed by atoms with Crippen LogP contribution in [0.5, 0.6) is 0 Å². The number of allylic oxidation sites excluding steroid dienone is 1. The second-order valence-corrected chi connectivity index (χ2v) is 12.7. The van der Waals surface area contributed by atoms with Crippen LogP contribution in [0.1, 0.15) is 59.3 Å². The van der Waals surface area contributed by atoms with Crippen LogP contribution >= 0.6 is 0 Å². The van der Waals surface area contributed by atoms with E-state index in [4.69, 9.17) is 9.47 Å². The third kappa shape index (κ3) is 3.59. The SMILES string of the molecule is COCC1=C(C)CC(C(CO)C2CCC3C4CC(O)[C@@]5(O)CC=CC(=O)C5(C)C4CC(O)C23C)OC1=O. The molecule has 5 rings (SSSR count). The molecule has 3 fully saturated rings. The molecule has 0 bridgehead atoms. The Morgan fingerprint density at radius 1 is 1.14 bits per heavy atom. The highest BCUT2D eigenvalue weighted by molar-refractivity contribution is 5.97. The number of hydrogen-bond donors (Lipinski definition) is 4. The summed E-state index contributed by atoms with van der Waals surface area (Å²) in [7, 11) is 1.54. The van der Waals surface area contributed by atoms with Crippen LogP contribution in [-0.4, -0.2) is 76.4 Å². The number of rotatable bonds is 5. The maximum atomic E-state index is 13.3. The molecule has 5 aliphatic rings. The quantitative estimate of drug-likeness (QED) is 0.406. The van der Waals surface area contributed by atoms with E-state index in [0.29, 0.717) is 24.8 Å². The average molecular weight is 519 g/mol. The number of esters is 1. The molecule has 0 aromatic heterocycles. The lowest BCUT2D eigenvalue weighted by Crippen LogP contribution is -2.70. The molecule has 0 spiro atoms. The van der Waals surface area contributed by atoms with Crippen LogP contribution in [0.15, 0.2) is 23.3 Å². The fraction of sp³-hybridized carbons (Fsp3) is 0.793. The van der Waals surface area contributed by atoms with Crippen molar-refractivity contribution in [3.63, 3.8) is 0 Å². The summed E-state index contributed by atoms with van der Waals surface area (Å²) in [4.78, 5) is 26.0. The van der Waals surface area contributed by atoms with Gasteiger partial charge in [-0.1, -0.05) is 18.6 Å². The molecule has 0 amide bonds. The first-order valence-electron chi connectivity index (χ1n) is 13.7. The van der Waals surface area contributed by atoms with E-state index in [1.807, 2.05) is 6.92 Å². The second-order valence-electron chi connectivity index (χ2n) is 12.7. The van der Waals surface area contributed by atoms with Gasteiger partial charge >= 0.3 is 5.97 Å². The molecule has 8 nitrogen and oxygen atoms in total. The Labute approximate surface area is 218 Å². The van der Waals surface area contributed by atoms with E-state index in [0.717, 1.165) is 18.4 Å². The van der Waals surface area contributed by atoms with Gasteiger partial charge in [0.15, 0.2) is 5.78 Å². The van der Waals surface area contributed by atoms with Crippen molar-refractivity contribution in [3.05, 3.63) is 23.3 Å².